The molecule has 0 spiro atoms. The molecule has 2 aromatic carbocycles. The first-order valence-electron chi connectivity index (χ1n) is 9.77. The molecule has 9 heteroatoms. The lowest BCUT2D eigenvalue weighted by molar-refractivity contribution is -0.139. The molecule has 0 saturated heterocycles. The van der Waals surface area contributed by atoms with E-state index >= 15 is 0 Å². The molecule has 0 amide bonds. The Bertz CT molecular complexity index is 1110. The highest BCUT2D eigenvalue weighted by molar-refractivity contribution is 7.93. The number of oxazole rings is 1. The second-order valence-electron chi connectivity index (χ2n) is 6.68. The van der Waals surface area contributed by atoms with Crippen LogP contribution in [0.1, 0.15) is 18.4 Å². The van der Waals surface area contributed by atoms with Crippen molar-refractivity contribution < 1.29 is 27.1 Å². The molecule has 0 aliphatic heterocycles. The predicted molar refractivity (Wildman–Crippen MR) is 116 cm³/mol. The topological polar surface area (TPSA) is 108 Å². The summed E-state index contributed by atoms with van der Waals surface area (Å²) in [5.74, 6) is 0.369. The first kappa shape index (κ1) is 22.4. The number of carbonyl (C=O) groups is 1. The van der Waals surface area contributed by atoms with E-state index in [4.69, 9.17) is 9.15 Å². The summed E-state index contributed by atoms with van der Waals surface area (Å²) in [6, 6.07) is 16.1. The van der Waals surface area contributed by atoms with Gasteiger partial charge in [-0.25, -0.2) is 13.4 Å². The quantitative estimate of drug-likeness (QED) is 0.476. The van der Waals surface area contributed by atoms with Crippen LogP contribution in [0.2, 0.25) is 0 Å². The van der Waals surface area contributed by atoms with Gasteiger partial charge in [-0.1, -0.05) is 18.2 Å². The van der Waals surface area contributed by atoms with Crippen molar-refractivity contribution in [2.45, 2.75) is 20.3 Å². The number of rotatable bonds is 10. The number of benzene rings is 2. The van der Waals surface area contributed by atoms with Gasteiger partial charge in [-0.05, 0) is 50.2 Å². The zero-order valence-corrected chi connectivity index (χ0v) is 18.1. The summed E-state index contributed by atoms with van der Waals surface area (Å²) < 4.78 is 42.4. The molecule has 31 heavy (non-hydrogen) atoms. The van der Waals surface area contributed by atoms with Crippen molar-refractivity contribution in [3.8, 4) is 17.2 Å². The molecule has 0 radical (unpaired) electrons. The Morgan fingerprint density at radius 1 is 1.10 bits per heavy atom. The van der Waals surface area contributed by atoms with E-state index in [1.807, 2.05) is 37.3 Å². The Labute approximate surface area is 181 Å². The molecule has 0 atom stereocenters. The normalized spacial score (nSPS) is 11.2. The van der Waals surface area contributed by atoms with E-state index in [2.05, 4.69) is 14.4 Å². The summed E-state index contributed by atoms with van der Waals surface area (Å²) >= 11 is 0. The molecule has 1 aromatic heterocycles. The molecule has 0 aliphatic rings. The lowest BCUT2D eigenvalue weighted by atomic mass is 10.2. The van der Waals surface area contributed by atoms with Crippen LogP contribution in [0.4, 0.5) is 5.69 Å². The predicted octanol–water partition coefficient (Wildman–Crippen LogP) is 3.58. The average Bonchev–Trinajstić information content (AvgIpc) is 3.10. The van der Waals surface area contributed by atoms with Crippen molar-refractivity contribution >= 4 is 21.7 Å². The molecule has 3 aromatic rings. The fourth-order valence-electron chi connectivity index (χ4n) is 2.82. The summed E-state index contributed by atoms with van der Waals surface area (Å²) in [4.78, 5) is 15.9. The highest BCUT2D eigenvalue weighted by Gasteiger charge is 2.17. The van der Waals surface area contributed by atoms with Gasteiger partial charge < -0.3 is 13.9 Å². The summed E-state index contributed by atoms with van der Waals surface area (Å²) in [6.07, 6.45) is 0.566. The van der Waals surface area contributed by atoms with Gasteiger partial charge in [0.1, 0.15) is 11.5 Å². The maximum atomic E-state index is 12.0. The molecule has 8 nitrogen and oxygen atoms in total. The summed E-state index contributed by atoms with van der Waals surface area (Å²) in [5.41, 5.74) is 2.07. The van der Waals surface area contributed by atoms with Gasteiger partial charge in [-0.2, -0.15) is 0 Å². The summed E-state index contributed by atoms with van der Waals surface area (Å²) in [7, 11) is -3.83. The van der Waals surface area contributed by atoms with Crippen molar-refractivity contribution in [3.63, 3.8) is 0 Å². The molecule has 164 valence electrons. The van der Waals surface area contributed by atoms with Gasteiger partial charge >= 0.3 is 5.97 Å². The Kier molecular flexibility index (Phi) is 7.30. The third-order valence-corrected chi connectivity index (χ3v) is 5.42. The number of esters is 1. The first-order valence-corrected chi connectivity index (χ1v) is 11.4. The van der Waals surface area contributed by atoms with E-state index in [-0.39, 0.29) is 6.61 Å². The minimum absolute atomic E-state index is 0.127. The summed E-state index contributed by atoms with van der Waals surface area (Å²) in [5, 5.41) is 0. The number of hydrogen-bond acceptors (Lipinski definition) is 7. The average molecular weight is 445 g/mol. The number of hydrogen-bond donors (Lipinski definition) is 1. The zero-order valence-electron chi connectivity index (χ0n) is 17.3. The van der Waals surface area contributed by atoms with Gasteiger partial charge in [0.25, 0.3) is 0 Å². The Morgan fingerprint density at radius 2 is 1.81 bits per heavy atom. The SMILES string of the molecule is CCOC(=O)CS(=O)(=O)Nc1ccc(OCCc2nc(-c3ccccc3)oc2C)cc1. The van der Waals surface area contributed by atoms with E-state index in [9.17, 15) is 13.2 Å². The first-order chi connectivity index (χ1) is 14.9. The number of nitrogens with zero attached hydrogens (tertiary/aromatic N) is 1. The molecule has 1 N–H and O–H groups in total. The largest absolute Gasteiger partial charge is 0.493 e. The van der Waals surface area contributed by atoms with Crippen molar-refractivity contribution in [1.82, 2.24) is 4.98 Å². The number of nitrogens with one attached hydrogen (secondary N) is 1. The minimum atomic E-state index is -3.83. The van der Waals surface area contributed by atoms with Crippen LogP contribution in [-0.4, -0.2) is 38.3 Å². The van der Waals surface area contributed by atoms with Crippen molar-refractivity contribution in [2.24, 2.45) is 0 Å². The Balaban J connectivity index is 1.52. The molecule has 0 fully saturated rings. The number of aromatic nitrogens is 1. The molecular formula is C22H24N2O6S. The number of carbonyl (C=O) groups excluding carboxylic acids is 1. The van der Waals surface area contributed by atoms with Crippen LogP contribution in [0.25, 0.3) is 11.5 Å². The number of anilines is 1. The zero-order chi connectivity index (χ0) is 22.3. The molecule has 0 saturated carbocycles. The third kappa shape index (κ3) is 6.58. The van der Waals surface area contributed by atoms with Crippen LogP contribution in [0.15, 0.2) is 59.0 Å². The summed E-state index contributed by atoms with van der Waals surface area (Å²) in [6.45, 7) is 3.99. The van der Waals surface area contributed by atoms with Gasteiger partial charge in [0, 0.05) is 17.7 Å². The highest BCUT2D eigenvalue weighted by Crippen LogP contribution is 2.22. The molecule has 0 aliphatic carbocycles. The minimum Gasteiger partial charge on any atom is -0.493 e. The lowest BCUT2D eigenvalue weighted by Crippen LogP contribution is -2.24. The molecule has 1 heterocycles. The van der Waals surface area contributed by atoms with Crippen LogP contribution < -0.4 is 9.46 Å². The fourth-order valence-corrected chi connectivity index (χ4v) is 3.78. The van der Waals surface area contributed by atoms with Gasteiger partial charge in [-0.3, -0.25) is 9.52 Å². The monoisotopic (exact) mass is 444 g/mol. The van der Waals surface area contributed by atoms with Gasteiger partial charge in [0.05, 0.1) is 18.9 Å². The molecule has 0 bridgehead atoms. The fraction of sp³-hybridized carbons (Fsp3) is 0.273. The highest BCUT2D eigenvalue weighted by atomic mass is 32.2. The molecular weight excluding hydrogens is 420 g/mol. The van der Waals surface area contributed by atoms with Crippen LogP contribution >= 0.6 is 0 Å². The standard InChI is InChI=1S/C22H24N2O6S/c1-3-28-21(25)15-31(26,27)24-18-9-11-19(12-10-18)29-14-13-20-16(2)30-22(23-20)17-7-5-4-6-8-17/h4-12,24H,3,13-15H2,1-2H3. The molecule has 3 rings (SSSR count). The number of sulfonamides is 1. The molecule has 0 unspecified atom stereocenters. The van der Waals surface area contributed by atoms with Gasteiger partial charge in [-0.15, -0.1) is 0 Å². The number of ether oxygens (including phenoxy) is 2. The Morgan fingerprint density at radius 3 is 2.48 bits per heavy atom. The van der Waals surface area contributed by atoms with Crippen LogP contribution in [0, 0.1) is 6.92 Å². The van der Waals surface area contributed by atoms with Gasteiger partial charge in [0.2, 0.25) is 15.9 Å². The Hall–Kier alpha value is -3.33. The second kappa shape index (κ2) is 10.1. The van der Waals surface area contributed by atoms with E-state index in [1.54, 1.807) is 31.2 Å². The smallest absolute Gasteiger partial charge is 0.323 e. The van der Waals surface area contributed by atoms with Crippen molar-refractivity contribution in [1.29, 1.82) is 0 Å². The lowest BCUT2D eigenvalue weighted by Gasteiger charge is -2.09. The van der Waals surface area contributed by atoms with Crippen LogP contribution in [-0.2, 0) is 26.0 Å². The van der Waals surface area contributed by atoms with Crippen molar-refractivity contribution in [3.05, 3.63) is 66.1 Å². The number of aryl methyl sites for hydroxylation is 1. The second-order valence-corrected chi connectivity index (χ2v) is 8.40. The third-order valence-electron chi connectivity index (χ3n) is 4.26. The van der Waals surface area contributed by atoms with E-state index < -0.39 is 21.7 Å². The van der Waals surface area contributed by atoms with Crippen LogP contribution in [0.3, 0.4) is 0 Å². The van der Waals surface area contributed by atoms with E-state index in [0.29, 0.717) is 30.4 Å². The maximum Gasteiger partial charge on any atom is 0.323 e. The maximum absolute atomic E-state index is 12.0. The van der Waals surface area contributed by atoms with E-state index in [1.165, 1.54) is 0 Å². The van der Waals surface area contributed by atoms with Crippen LogP contribution in [0.5, 0.6) is 5.75 Å². The van der Waals surface area contributed by atoms with E-state index in [0.717, 1.165) is 17.0 Å². The van der Waals surface area contributed by atoms with Gasteiger partial charge in [0.15, 0.2) is 5.75 Å². The van der Waals surface area contributed by atoms with Crippen molar-refractivity contribution in [2.75, 3.05) is 23.7 Å².